The monoisotopic (exact) mass is 296 g/mol. The average molecular weight is 296 g/mol. The van der Waals surface area contributed by atoms with Gasteiger partial charge in [0.25, 0.3) is 0 Å². The third-order valence-corrected chi connectivity index (χ3v) is 4.10. The molecule has 5 nitrogen and oxygen atoms in total. The van der Waals surface area contributed by atoms with E-state index >= 15 is 0 Å². The van der Waals surface area contributed by atoms with Gasteiger partial charge < -0.3 is 15.2 Å². The lowest BCUT2D eigenvalue weighted by molar-refractivity contribution is 0.106. The van der Waals surface area contributed by atoms with E-state index in [0.29, 0.717) is 24.4 Å². The van der Waals surface area contributed by atoms with E-state index in [9.17, 15) is 9.32 Å². The van der Waals surface area contributed by atoms with E-state index < -0.39 is 16.9 Å². The van der Waals surface area contributed by atoms with Crippen molar-refractivity contribution in [3.05, 3.63) is 29.8 Å². The molecule has 0 aromatic heterocycles. The fraction of sp³-hybridized carbons (Fsp3) is 0.500. The largest absolute Gasteiger partial charge is 0.491 e. The van der Waals surface area contributed by atoms with Crippen LogP contribution in [0.4, 0.5) is 0 Å². The molecule has 1 aromatic rings. The molecule has 0 spiro atoms. The molecule has 110 valence electrons. The maximum atomic E-state index is 11.1. The van der Waals surface area contributed by atoms with E-state index in [4.69, 9.17) is 10.00 Å². The summed E-state index contributed by atoms with van der Waals surface area (Å²) in [4.78, 5) is 0. The van der Waals surface area contributed by atoms with Crippen molar-refractivity contribution in [1.82, 2.24) is 5.32 Å². The highest BCUT2D eigenvalue weighted by molar-refractivity contribution is 7.84. The van der Waals surface area contributed by atoms with Crippen molar-refractivity contribution in [2.75, 3.05) is 26.0 Å². The Labute approximate surface area is 122 Å². The van der Waals surface area contributed by atoms with Crippen LogP contribution in [-0.4, -0.2) is 46.6 Å². The van der Waals surface area contributed by atoms with Crippen LogP contribution in [0.5, 0.6) is 5.75 Å². The number of hydrogen-bond donors (Lipinski definition) is 2. The molecule has 0 radical (unpaired) electrons. The Balaban J connectivity index is 2.24. The molecule has 0 amide bonds. The highest BCUT2D eigenvalue weighted by Gasteiger charge is 2.08. The lowest BCUT2D eigenvalue weighted by Gasteiger charge is -2.15. The van der Waals surface area contributed by atoms with Crippen LogP contribution in [0.25, 0.3) is 0 Å². The van der Waals surface area contributed by atoms with Crippen molar-refractivity contribution in [2.45, 2.75) is 18.3 Å². The summed E-state index contributed by atoms with van der Waals surface area (Å²) in [7, 11) is -0.863. The van der Waals surface area contributed by atoms with Crippen LogP contribution in [0, 0.1) is 11.3 Å². The Kier molecular flexibility index (Phi) is 7.23. The molecule has 0 aliphatic rings. The number of aliphatic hydroxyl groups is 1. The van der Waals surface area contributed by atoms with E-state index in [2.05, 4.69) is 5.32 Å². The summed E-state index contributed by atoms with van der Waals surface area (Å²) in [5.41, 5.74) is 0.570. The maximum Gasteiger partial charge on any atom is 0.119 e. The highest BCUT2D eigenvalue weighted by Crippen LogP contribution is 2.11. The minimum atomic E-state index is -0.863. The number of aliphatic hydroxyl groups excluding tert-OH is 1. The van der Waals surface area contributed by atoms with Gasteiger partial charge in [-0.25, -0.2) is 0 Å². The summed E-state index contributed by atoms with van der Waals surface area (Å²) in [5, 5.41) is 21.5. The SMILES string of the molecule is CC(CNCC(O)COc1ccc(C#N)cc1)S(C)=O. The van der Waals surface area contributed by atoms with Crippen LogP contribution in [0.3, 0.4) is 0 Å². The van der Waals surface area contributed by atoms with Gasteiger partial charge in [-0.15, -0.1) is 0 Å². The molecule has 0 fully saturated rings. The molecule has 3 unspecified atom stereocenters. The van der Waals surface area contributed by atoms with E-state index in [1.807, 2.05) is 13.0 Å². The summed E-state index contributed by atoms with van der Waals surface area (Å²) in [6.45, 7) is 3.04. The van der Waals surface area contributed by atoms with E-state index in [0.717, 1.165) is 0 Å². The predicted octanol–water partition coefficient (Wildman–Crippen LogP) is 0.655. The second-order valence-electron chi connectivity index (χ2n) is 4.57. The van der Waals surface area contributed by atoms with E-state index in [-0.39, 0.29) is 11.9 Å². The van der Waals surface area contributed by atoms with Crippen molar-refractivity contribution in [2.24, 2.45) is 0 Å². The van der Waals surface area contributed by atoms with Gasteiger partial charge in [0.1, 0.15) is 18.5 Å². The molecule has 0 saturated carbocycles. The number of ether oxygens (including phenoxy) is 1. The van der Waals surface area contributed by atoms with Gasteiger partial charge in [-0.2, -0.15) is 5.26 Å². The minimum Gasteiger partial charge on any atom is -0.491 e. The van der Waals surface area contributed by atoms with Gasteiger partial charge in [0.05, 0.1) is 11.6 Å². The van der Waals surface area contributed by atoms with Crippen molar-refractivity contribution >= 4 is 10.8 Å². The Bertz CT molecular complexity index is 470. The van der Waals surface area contributed by atoms with Crippen molar-refractivity contribution in [1.29, 1.82) is 5.26 Å². The van der Waals surface area contributed by atoms with Crippen LogP contribution in [0.2, 0.25) is 0 Å². The van der Waals surface area contributed by atoms with Crippen LogP contribution in [0.15, 0.2) is 24.3 Å². The minimum absolute atomic E-state index is 0.0571. The molecule has 6 heteroatoms. The summed E-state index contributed by atoms with van der Waals surface area (Å²) in [5.74, 6) is 0.617. The molecule has 3 atom stereocenters. The smallest absolute Gasteiger partial charge is 0.119 e. The molecular formula is C14H20N2O3S. The zero-order valence-electron chi connectivity index (χ0n) is 11.7. The number of benzene rings is 1. The third kappa shape index (κ3) is 6.15. The van der Waals surface area contributed by atoms with Crippen molar-refractivity contribution in [3.8, 4) is 11.8 Å². The van der Waals surface area contributed by atoms with Gasteiger partial charge in [0.15, 0.2) is 0 Å². The summed E-state index contributed by atoms with van der Waals surface area (Å²) in [6, 6.07) is 8.75. The predicted molar refractivity (Wildman–Crippen MR) is 79.1 cm³/mol. The first-order chi connectivity index (χ1) is 9.52. The zero-order chi connectivity index (χ0) is 15.0. The first kappa shape index (κ1) is 16.6. The Morgan fingerprint density at radius 1 is 1.40 bits per heavy atom. The van der Waals surface area contributed by atoms with Gasteiger partial charge in [-0.3, -0.25) is 4.21 Å². The molecule has 0 aliphatic carbocycles. The molecule has 1 rings (SSSR count). The van der Waals surface area contributed by atoms with E-state index in [1.54, 1.807) is 30.5 Å². The van der Waals surface area contributed by atoms with Gasteiger partial charge in [-0.1, -0.05) is 0 Å². The Morgan fingerprint density at radius 2 is 2.05 bits per heavy atom. The first-order valence-corrected chi connectivity index (χ1v) is 7.99. The van der Waals surface area contributed by atoms with Gasteiger partial charge >= 0.3 is 0 Å². The molecule has 0 bridgehead atoms. The van der Waals surface area contributed by atoms with Crippen LogP contribution < -0.4 is 10.1 Å². The fourth-order valence-corrected chi connectivity index (χ4v) is 1.80. The number of hydrogen-bond acceptors (Lipinski definition) is 5. The van der Waals surface area contributed by atoms with Crippen LogP contribution >= 0.6 is 0 Å². The topological polar surface area (TPSA) is 82.3 Å². The lowest BCUT2D eigenvalue weighted by atomic mass is 10.2. The van der Waals surface area contributed by atoms with Crippen molar-refractivity contribution in [3.63, 3.8) is 0 Å². The van der Waals surface area contributed by atoms with Crippen molar-refractivity contribution < 1.29 is 14.1 Å². The second kappa shape index (κ2) is 8.69. The van der Waals surface area contributed by atoms with E-state index in [1.165, 1.54) is 0 Å². The van der Waals surface area contributed by atoms with Gasteiger partial charge in [-0.05, 0) is 31.2 Å². The van der Waals surface area contributed by atoms with Gasteiger partial charge in [0, 0.05) is 35.4 Å². The Morgan fingerprint density at radius 3 is 2.60 bits per heavy atom. The quantitative estimate of drug-likeness (QED) is 0.736. The number of nitrogens with zero attached hydrogens (tertiary/aromatic N) is 1. The molecule has 20 heavy (non-hydrogen) atoms. The molecule has 0 heterocycles. The first-order valence-electron chi connectivity index (χ1n) is 6.37. The molecule has 1 aromatic carbocycles. The maximum absolute atomic E-state index is 11.1. The normalized spacial score (nSPS) is 15.1. The summed E-state index contributed by atoms with van der Waals surface area (Å²) < 4.78 is 16.6. The fourth-order valence-electron chi connectivity index (χ4n) is 1.45. The molecule has 0 aliphatic heterocycles. The molecular weight excluding hydrogens is 276 g/mol. The summed E-state index contributed by atoms with van der Waals surface area (Å²) >= 11 is 0. The van der Waals surface area contributed by atoms with Gasteiger partial charge in [0.2, 0.25) is 0 Å². The Hall–Kier alpha value is -1.42. The van der Waals surface area contributed by atoms with Crippen LogP contribution in [-0.2, 0) is 10.8 Å². The van der Waals surface area contributed by atoms with Crippen LogP contribution in [0.1, 0.15) is 12.5 Å². The third-order valence-electron chi connectivity index (χ3n) is 2.80. The zero-order valence-corrected chi connectivity index (χ0v) is 12.5. The lowest BCUT2D eigenvalue weighted by Crippen LogP contribution is -2.36. The average Bonchev–Trinajstić information content (AvgIpc) is 2.45. The molecule has 2 N–H and O–H groups in total. The summed E-state index contributed by atoms with van der Waals surface area (Å²) in [6.07, 6.45) is 1.03. The number of rotatable bonds is 8. The molecule has 0 saturated heterocycles. The standard InChI is InChI=1S/C14H20N2O3S/c1-11(20(2)18)8-16-9-13(17)10-19-14-5-3-12(7-15)4-6-14/h3-6,11,13,16-17H,8-10H2,1-2H3. The number of nitriles is 1. The highest BCUT2D eigenvalue weighted by atomic mass is 32.2. The second-order valence-corrected chi connectivity index (χ2v) is 6.37. The number of nitrogens with one attached hydrogen (secondary N) is 1.